The Morgan fingerprint density at radius 1 is 0.966 bits per heavy atom. The molecule has 5 rings (SSSR count). The van der Waals surface area contributed by atoms with Crippen LogP contribution >= 0.6 is 11.6 Å². The summed E-state index contributed by atoms with van der Waals surface area (Å²) in [4.78, 5) is 24.8. The van der Waals surface area contributed by atoms with E-state index >= 15 is 0 Å². The monoisotopic (exact) mass is 401 g/mol. The van der Waals surface area contributed by atoms with Crippen LogP contribution < -0.4 is 5.56 Å². The molecule has 0 bridgehead atoms. The van der Waals surface area contributed by atoms with Crippen molar-refractivity contribution >= 4 is 22.5 Å². The van der Waals surface area contributed by atoms with Gasteiger partial charge in [-0.2, -0.15) is 0 Å². The second kappa shape index (κ2) is 6.76. The normalized spacial score (nSPS) is 11.2. The van der Waals surface area contributed by atoms with Crippen molar-refractivity contribution in [1.82, 2.24) is 24.7 Å². The van der Waals surface area contributed by atoms with E-state index in [1.165, 1.54) is 4.68 Å². The first-order valence-corrected chi connectivity index (χ1v) is 9.46. The number of H-pyrrole nitrogens is 2. The van der Waals surface area contributed by atoms with Crippen molar-refractivity contribution in [3.05, 3.63) is 88.2 Å². The van der Waals surface area contributed by atoms with E-state index in [1.54, 1.807) is 42.9 Å². The first kappa shape index (κ1) is 17.5. The maximum Gasteiger partial charge on any atom is 0.280 e. The van der Waals surface area contributed by atoms with Crippen LogP contribution in [-0.4, -0.2) is 24.7 Å². The number of aryl methyl sites for hydroxylation is 1. The predicted molar refractivity (Wildman–Crippen MR) is 114 cm³/mol. The zero-order valence-corrected chi connectivity index (χ0v) is 16.2. The van der Waals surface area contributed by atoms with Crippen LogP contribution in [0.25, 0.3) is 39.1 Å². The summed E-state index contributed by atoms with van der Waals surface area (Å²) in [6.45, 7) is 1.94. The van der Waals surface area contributed by atoms with Gasteiger partial charge < -0.3 is 4.98 Å². The topological polar surface area (TPSA) is 79.4 Å². The highest BCUT2D eigenvalue weighted by Crippen LogP contribution is 2.30. The molecule has 2 N–H and O–H groups in total. The van der Waals surface area contributed by atoms with Gasteiger partial charge >= 0.3 is 0 Å². The minimum atomic E-state index is -0.150. The minimum Gasteiger partial charge on any atom is -0.345 e. The average molecular weight is 402 g/mol. The molecule has 0 aliphatic rings. The van der Waals surface area contributed by atoms with Crippen LogP contribution in [0.5, 0.6) is 0 Å². The molecule has 0 spiro atoms. The number of nitrogens with zero attached hydrogens (tertiary/aromatic N) is 3. The third-order valence-corrected chi connectivity index (χ3v) is 5.21. The number of benzene rings is 2. The number of halogens is 1. The summed E-state index contributed by atoms with van der Waals surface area (Å²) in [5.74, 6) is 0.812. The van der Waals surface area contributed by atoms with Gasteiger partial charge in [-0.05, 0) is 36.8 Å². The smallest absolute Gasteiger partial charge is 0.280 e. The third-order valence-electron chi connectivity index (χ3n) is 4.96. The summed E-state index contributed by atoms with van der Waals surface area (Å²) >= 11 is 5.98. The Kier molecular flexibility index (Phi) is 4.07. The van der Waals surface area contributed by atoms with E-state index in [0.717, 1.165) is 33.7 Å². The van der Waals surface area contributed by atoms with Gasteiger partial charge in [0.1, 0.15) is 5.82 Å². The number of fused-ring (bicyclic) bond motifs is 1. The summed E-state index contributed by atoms with van der Waals surface area (Å²) in [5.41, 5.74) is 5.02. The highest BCUT2D eigenvalue weighted by molar-refractivity contribution is 6.30. The van der Waals surface area contributed by atoms with E-state index in [2.05, 4.69) is 20.1 Å². The maximum atomic E-state index is 13.0. The summed E-state index contributed by atoms with van der Waals surface area (Å²) in [6.07, 6.45) is 5.14. The van der Waals surface area contributed by atoms with Gasteiger partial charge in [-0.15, -0.1) is 0 Å². The molecule has 29 heavy (non-hydrogen) atoms. The van der Waals surface area contributed by atoms with Gasteiger partial charge in [-0.25, -0.2) is 9.67 Å². The molecule has 0 saturated heterocycles. The van der Waals surface area contributed by atoms with Crippen molar-refractivity contribution in [3.8, 4) is 28.2 Å². The van der Waals surface area contributed by atoms with Crippen molar-refractivity contribution < 1.29 is 0 Å². The van der Waals surface area contributed by atoms with Crippen LogP contribution in [-0.2, 0) is 0 Å². The molecular weight excluding hydrogens is 386 g/mol. The minimum absolute atomic E-state index is 0.150. The van der Waals surface area contributed by atoms with E-state index in [9.17, 15) is 4.79 Å². The van der Waals surface area contributed by atoms with Crippen LogP contribution in [0.2, 0.25) is 5.02 Å². The van der Waals surface area contributed by atoms with Crippen molar-refractivity contribution in [3.63, 3.8) is 0 Å². The van der Waals surface area contributed by atoms with Crippen molar-refractivity contribution in [2.75, 3.05) is 0 Å². The Bertz CT molecular complexity index is 1360. The molecule has 2 aromatic carbocycles. The molecule has 142 valence electrons. The van der Waals surface area contributed by atoms with Gasteiger partial charge in [0, 0.05) is 40.4 Å². The zero-order valence-electron chi connectivity index (χ0n) is 15.5. The quantitative estimate of drug-likeness (QED) is 0.458. The van der Waals surface area contributed by atoms with Crippen LogP contribution in [0.15, 0.2) is 71.9 Å². The van der Waals surface area contributed by atoms with Gasteiger partial charge in [-0.1, -0.05) is 35.9 Å². The van der Waals surface area contributed by atoms with E-state index in [1.807, 2.05) is 31.2 Å². The lowest BCUT2D eigenvalue weighted by molar-refractivity contribution is 0.864. The summed E-state index contributed by atoms with van der Waals surface area (Å²) < 4.78 is 1.52. The predicted octanol–water partition coefficient (Wildman–Crippen LogP) is 4.73. The van der Waals surface area contributed by atoms with Gasteiger partial charge in [0.05, 0.1) is 16.6 Å². The van der Waals surface area contributed by atoms with E-state index in [4.69, 9.17) is 11.6 Å². The number of rotatable bonds is 3. The summed E-state index contributed by atoms with van der Waals surface area (Å²) in [7, 11) is 0. The van der Waals surface area contributed by atoms with Crippen molar-refractivity contribution in [1.29, 1.82) is 0 Å². The molecule has 7 heteroatoms. The van der Waals surface area contributed by atoms with Gasteiger partial charge in [0.15, 0.2) is 0 Å². The number of aromatic amines is 2. The molecule has 0 radical (unpaired) electrons. The van der Waals surface area contributed by atoms with Crippen molar-refractivity contribution in [2.45, 2.75) is 6.92 Å². The Balaban J connectivity index is 1.68. The molecule has 0 unspecified atom stereocenters. The molecule has 0 atom stereocenters. The maximum absolute atomic E-state index is 13.0. The molecule has 0 fully saturated rings. The molecule has 0 aliphatic carbocycles. The Labute approximate surface area is 170 Å². The number of pyridine rings is 1. The van der Waals surface area contributed by atoms with Crippen LogP contribution in [0, 0.1) is 6.92 Å². The van der Waals surface area contributed by atoms with Gasteiger partial charge in [0.2, 0.25) is 0 Å². The number of hydrogen-bond donors (Lipinski definition) is 2. The lowest BCUT2D eigenvalue weighted by Crippen LogP contribution is -2.14. The molecule has 0 aliphatic heterocycles. The molecule has 0 saturated carbocycles. The SMILES string of the molecule is Cc1ncc2c(=O)n(-c3ccc(Cl)cc3)[nH]c2c1-c1ccc(-c2ncc[nH]2)cc1. The van der Waals surface area contributed by atoms with E-state index < -0.39 is 0 Å². The first-order valence-electron chi connectivity index (χ1n) is 9.08. The van der Waals surface area contributed by atoms with E-state index in [0.29, 0.717) is 16.1 Å². The first-order chi connectivity index (χ1) is 14.1. The molecule has 5 aromatic rings. The fourth-order valence-electron chi connectivity index (χ4n) is 3.51. The number of hydrogen-bond acceptors (Lipinski definition) is 3. The van der Waals surface area contributed by atoms with Crippen molar-refractivity contribution in [2.24, 2.45) is 0 Å². The third kappa shape index (κ3) is 2.94. The average Bonchev–Trinajstić information content (AvgIpc) is 3.38. The van der Waals surface area contributed by atoms with Gasteiger partial charge in [0.25, 0.3) is 5.56 Å². The molecule has 0 amide bonds. The highest BCUT2D eigenvalue weighted by atomic mass is 35.5. The van der Waals surface area contributed by atoms with Crippen LogP contribution in [0.1, 0.15) is 5.69 Å². The van der Waals surface area contributed by atoms with Crippen LogP contribution in [0.3, 0.4) is 0 Å². The van der Waals surface area contributed by atoms with E-state index in [-0.39, 0.29) is 5.56 Å². The number of aromatic nitrogens is 5. The molecular formula is C22H16ClN5O. The fourth-order valence-corrected chi connectivity index (χ4v) is 3.64. The molecule has 3 heterocycles. The Hall–Kier alpha value is -3.64. The Morgan fingerprint density at radius 3 is 2.38 bits per heavy atom. The second-order valence-corrected chi connectivity index (χ2v) is 7.19. The molecule has 6 nitrogen and oxygen atoms in total. The second-order valence-electron chi connectivity index (χ2n) is 6.75. The number of imidazole rings is 1. The van der Waals surface area contributed by atoms with Crippen LogP contribution in [0.4, 0.5) is 0 Å². The lowest BCUT2D eigenvalue weighted by atomic mass is 10.0. The largest absolute Gasteiger partial charge is 0.345 e. The van der Waals surface area contributed by atoms with Gasteiger partial charge in [-0.3, -0.25) is 14.9 Å². The number of nitrogens with one attached hydrogen (secondary N) is 2. The Morgan fingerprint density at radius 2 is 1.69 bits per heavy atom. The summed E-state index contributed by atoms with van der Waals surface area (Å²) in [6, 6.07) is 15.1. The summed E-state index contributed by atoms with van der Waals surface area (Å²) in [5, 5.41) is 4.41. The molecule has 3 aromatic heterocycles. The zero-order chi connectivity index (χ0) is 20.0. The standard InChI is InChI=1S/C22H16ClN5O/c1-13-19(14-2-4-15(5-3-14)21-24-10-11-25-21)20-18(12-26-13)22(29)28(27-20)17-8-6-16(23)7-9-17/h2-12,27H,1H3,(H,24,25). The lowest BCUT2D eigenvalue weighted by Gasteiger charge is -2.08. The highest BCUT2D eigenvalue weighted by Gasteiger charge is 2.16. The fraction of sp³-hybridized carbons (Fsp3) is 0.0455.